The maximum absolute atomic E-state index is 12.0. The third-order valence-corrected chi connectivity index (χ3v) is 3.80. The summed E-state index contributed by atoms with van der Waals surface area (Å²) in [5.74, 6) is 0.110. The van der Waals surface area contributed by atoms with Crippen molar-refractivity contribution in [1.29, 1.82) is 0 Å². The SMILES string of the molecule is O=C(NCCc1ccc(O)cc1)c1cc(S)ccc1Br. The van der Waals surface area contributed by atoms with Gasteiger partial charge in [0, 0.05) is 15.9 Å². The molecule has 104 valence electrons. The average Bonchev–Trinajstić information content (AvgIpc) is 2.43. The number of rotatable bonds is 4. The highest BCUT2D eigenvalue weighted by atomic mass is 79.9. The number of hydrogen-bond acceptors (Lipinski definition) is 3. The topological polar surface area (TPSA) is 49.3 Å². The Morgan fingerprint density at radius 1 is 1.20 bits per heavy atom. The first kappa shape index (κ1) is 14.9. The van der Waals surface area contributed by atoms with Crippen LogP contribution in [-0.2, 0) is 6.42 Å². The van der Waals surface area contributed by atoms with Gasteiger partial charge >= 0.3 is 0 Å². The molecule has 0 aromatic heterocycles. The van der Waals surface area contributed by atoms with E-state index in [0.29, 0.717) is 18.5 Å². The molecule has 0 aliphatic rings. The van der Waals surface area contributed by atoms with Crippen molar-refractivity contribution in [2.24, 2.45) is 0 Å². The van der Waals surface area contributed by atoms with Gasteiger partial charge in [0.2, 0.25) is 0 Å². The molecule has 0 atom stereocenters. The van der Waals surface area contributed by atoms with Crippen LogP contribution in [0, 0.1) is 0 Å². The number of carbonyl (C=O) groups is 1. The molecule has 0 unspecified atom stereocenters. The van der Waals surface area contributed by atoms with Crippen LogP contribution in [0.25, 0.3) is 0 Å². The molecule has 0 aliphatic heterocycles. The molecule has 0 saturated carbocycles. The van der Waals surface area contributed by atoms with Crippen LogP contribution in [0.3, 0.4) is 0 Å². The van der Waals surface area contributed by atoms with E-state index in [0.717, 1.165) is 14.9 Å². The molecule has 3 nitrogen and oxygen atoms in total. The van der Waals surface area contributed by atoms with E-state index in [2.05, 4.69) is 33.9 Å². The van der Waals surface area contributed by atoms with Crippen molar-refractivity contribution < 1.29 is 9.90 Å². The first-order valence-corrected chi connectivity index (χ1v) is 7.35. The van der Waals surface area contributed by atoms with Crippen LogP contribution in [0.4, 0.5) is 0 Å². The Balaban J connectivity index is 1.92. The van der Waals surface area contributed by atoms with E-state index in [1.807, 2.05) is 18.2 Å². The molecular weight excluding hydrogens is 338 g/mol. The number of phenolic OH excluding ortho intramolecular Hbond substituents is 1. The number of halogens is 1. The quantitative estimate of drug-likeness (QED) is 0.739. The summed E-state index contributed by atoms with van der Waals surface area (Å²) >= 11 is 7.58. The van der Waals surface area contributed by atoms with Gasteiger partial charge in [-0.15, -0.1) is 12.6 Å². The second kappa shape index (κ2) is 6.81. The minimum atomic E-state index is -0.133. The Hall–Kier alpha value is -1.46. The molecule has 5 heteroatoms. The van der Waals surface area contributed by atoms with Crippen LogP contribution < -0.4 is 5.32 Å². The molecule has 0 heterocycles. The van der Waals surface area contributed by atoms with Crippen molar-refractivity contribution >= 4 is 34.5 Å². The van der Waals surface area contributed by atoms with Crippen LogP contribution in [0.1, 0.15) is 15.9 Å². The average molecular weight is 352 g/mol. The standard InChI is InChI=1S/C15H14BrNO2S/c16-14-6-5-12(20)9-13(14)15(19)17-8-7-10-1-3-11(18)4-2-10/h1-6,9,18,20H,7-8H2,(H,17,19). The number of hydrogen-bond donors (Lipinski definition) is 3. The summed E-state index contributed by atoms with van der Waals surface area (Å²) < 4.78 is 0.748. The summed E-state index contributed by atoms with van der Waals surface area (Å²) in [6.45, 7) is 0.535. The van der Waals surface area contributed by atoms with Gasteiger partial charge in [0.05, 0.1) is 5.56 Å². The lowest BCUT2D eigenvalue weighted by molar-refractivity contribution is 0.0953. The number of thiol groups is 1. The van der Waals surface area contributed by atoms with Crippen LogP contribution in [-0.4, -0.2) is 17.6 Å². The van der Waals surface area contributed by atoms with Gasteiger partial charge in [-0.1, -0.05) is 12.1 Å². The Labute approximate surface area is 131 Å². The second-order valence-electron chi connectivity index (χ2n) is 4.34. The zero-order valence-electron chi connectivity index (χ0n) is 10.6. The Morgan fingerprint density at radius 2 is 1.90 bits per heavy atom. The van der Waals surface area contributed by atoms with Crippen molar-refractivity contribution in [3.8, 4) is 5.75 Å². The van der Waals surface area contributed by atoms with Gasteiger partial charge in [0.15, 0.2) is 0 Å². The smallest absolute Gasteiger partial charge is 0.252 e. The molecule has 20 heavy (non-hydrogen) atoms. The third kappa shape index (κ3) is 4.02. The van der Waals surface area contributed by atoms with Crippen molar-refractivity contribution in [2.75, 3.05) is 6.54 Å². The predicted molar refractivity (Wildman–Crippen MR) is 85.5 cm³/mol. The van der Waals surface area contributed by atoms with Crippen LogP contribution in [0.15, 0.2) is 51.8 Å². The first-order chi connectivity index (χ1) is 9.56. The molecule has 0 fully saturated rings. The molecule has 1 amide bonds. The summed E-state index contributed by atoms with van der Waals surface area (Å²) in [4.78, 5) is 12.8. The summed E-state index contributed by atoms with van der Waals surface area (Å²) in [6, 6.07) is 12.3. The van der Waals surface area contributed by atoms with Gasteiger partial charge in [-0.05, 0) is 58.2 Å². The van der Waals surface area contributed by atoms with E-state index in [1.165, 1.54) is 0 Å². The number of benzene rings is 2. The maximum Gasteiger partial charge on any atom is 0.252 e. The molecule has 2 aromatic carbocycles. The molecule has 0 bridgehead atoms. The zero-order valence-corrected chi connectivity index (χ0v) is 13.1. The van der Waals surface area contributed by atoms with Gasteiger partial charge in [-0.25, -0.2) is 0 Å². The molecule has 2 N–H and O–H groups in total. The monoisotopic (exact) mass is 351 g/mol. The molecular formula is C15H14BrNO2S. The third-order valence-electron chi connectivity index (χ3n) is 2.83. The Kier molecular flexibility index (Phi) is 5.09. The minimum Gasteiger partial charge on any atom is -0.508 e. The summed E-state index contributed by atoms with van der Waals surface area (Å²) in [6.07, 6.45) is 0.713. The number of carbonyl (C=O) groups excluding carboxylic acids is 1. The lowest BCUT2D eigenvalue weighted by Gasteiger charge is -2.08. The van der Waals surface area contributed by atoms with Crippen molar-refractivity contribution in [1.82, 2.24) is 5.32 Å². The number of phenols is 1. The fourth-order valence-corrected chi connectivity index (χ4v) is 2.40. The summed E-state index contributed by atoms with van der Waals surface area (Å²) in [5.41, 5.74) is 1.63. The van der Waals surface area contributed by atoms with Crippen molar-refractivity contribution in [3.63, 3.8) is 0 Å². The molecule has 0 aliphatic carbocycles. The van der Waals surface area contributed by atoms with Crippen LogP contribution >= 0.6 is 28.6 Å². The molecule has 2 rings (SSSR count). The fraction of sp³-hybridized carbons (Fsp3) is 0.133. The van der Waals surface area contributed by atoms with Crippen molar-refractivity contribution in [2.45, 2.75) is 11.3 Å². The van der Waals surface area contributed by atoms with Crippen LogP contribution in [0.2, 0.25) is 0 Å². The number of amides is 1. The van der Waals surface area contributed by atoms with Gasteiger partial charge in [-0.3, -0.25) is 4.79 Å². The Bertz CT molecular complexity index is 614. The van der Waals surface area contributed by atoms with Gasteiger partial charge in [0.25, 0.3) is 5.91 Å². The number of aromatic hydroxyl groups is 1. The maximum atomic E-state index is 12.0. The van der Waals surface area contributed by atoms with E-state index in [-0.39, 0.29) is 11.7 Å². The van der Waals surface area contributed by atoms with E-state index in [9.17, 15) is 9.90 Å². The molecule has 0 saturated heterocycles. The molecule has 0 radical (unpaired) electrons. The van der Waals surface area contributed by atoms with E-state index in [4.69, 9.17) is 0 Å². The Morgan fingerprint density at radius 3 is 2.60 bits per heavy atom. The highest BCUT2D eigenvalue weighted by molar-refractivity contribution is 9.10. The minimum absolute atomic E-state index is 0.133. The lowest BCUT2D eigenvalue weighted by Crippen LogP contribution is -2.26. The second-order valence-corrected chi connectivity index (χ2v) is 5.71. The van der Waals surface area contributed by atoms with Gasteiger partial charge in [-0.2, -0.15) is 0 Å². The normalized spacial score (nSPS) is 10.3. The van der Waals surface area contributed by atoms with Crippen LogP contribution in [0.5, 0.6) is 5.75 Å². The van der Waals surface area contributed by atoms with E-state index >= 15 is 0 Å². The van der Waals surface area contributed by atoms with Gasteiger partial charge in [0.1, 0.15) is 5.75 Å². The number of nitrogens with one attached hydrogen (secondary N) is 1. The highest BCUT2D eigenvalue weighted by Crippen LogP contribution is 2.20. The highest BCUT2D eigenvalue weighted by Gasteiger charge is 2.09. The van der Waals surface area contributed by atoms with E-state index in [1.54, 1.807) is 24.3 Å². The summed E-state index contributed by atoms with van der Waals surface area (Å²) in [7, 11) is 0. The largest absolute Gasteiger partial charge is 0.508 e. The van der Waals surface area contributed by atoms with Gasteiger partial charge < -0.3 is 10.4 Å². The molecule has 2 aromatic rings. The summed E-state index contributed by atoms with van der Waals surface area (Å²) in [5, 5.41) is 12.1. The zero-order chi connectivity index (χ0) is 14.5. The first-order valence-electron chi connectivity index (χ1n) is 6.11. The predicted octanol–water partition coefficient (Wildman–Crippen LogP) is 3.42. The fourth-order valence-electron chi connectivity index (χ4n) is 1.77. The lowest BCUT2D eigenvalue weighted by atomic mass is 10.1. The van der Waals surface area contributed by atoms with Crippen molar-refractivity contribution in [3.05, 3.63) is 58.1 Å². The van der Waals surface area contributed by atoms with E-state index < -0.39 is 0 Å². The molecule has 0 spiro atoms.